The van der Waals surface area contributed by atoms with Crippen LogP contribution in [0.4, 0.5) is 0 Å². The Hall–Kier alpha value is -1.02. The minimum atomic E-state index is -0.417. The molecule has 1 fully saturated rings. The summed E-state index contributed by atoms with van der Waals surface area (Å²) in [5.41, 5.74) is 2.12. The van der Waals surface area contributed by atoms with E-state index in [0.717, 1.165) is 24.2 Å². The second-order valence-electron chi connectivity index (χ2n) is 5.51. The van der Waals surface area contributed by atoms with Crippen LogP contribution in [0.25, 0.3) is 0 Å². The quantitative estimate of drug-likeness (QED) is 0.865. The van der Waals surface area contributed by atoms with Crippen LogP contribution in [0.15, 0.2) is 18.2 Å². The number of hydrogen-bond acceptors (Lipinski definition) is 2. The number of hydrogen-bond donors (Lipinski definition) is 1. The molecule has 17 heavy (non-hydrogen) atoms. The molecule has 0 radical (unpaired) electrons. The van der Waals surface area contributed by atoms with Gasteiger partial charge in [0.25, 0.3) is 0 Å². The summed E-state index contributed by atoms with van der Waals surface area (Å²) in [6, 6.07) is 6.02. The lowest BCUT2D eigenvalue weighted by Gasteiger charge is -2.31. The van der Waals surface area contributed by atoms with Crippen LogP contribution in [0.3, 0.4) is 0 Å². The first-order valence-corrected chi connectivity index (χ1v) is 6.39. The molecule has 0 amide bonds. The summed E-state index contributed by atoms with van der Waals surface area (Å²) in [4.78, 5) is 0. The van der Waals surface area contributed by atoms with Gasteiger partial charge >= 0.3 is 0 Å². The lowest BCUT2D eigenvalue weighted by atomic mass is 9.79. The molecule has 0 bridgehead atoms. The predicted molar refractivity (Wildman–Crippen MR) is 69.3 cm³/mol. The first-order chi connectivity index (χ1) is 8.07. The monoisotopic (exact) mass is 234 g/mol. The van der Waals surface area contributed by atoms with Crippen LogP contribution in [0.1, 0.15) is 49.8 Å². The standard InChI is InChI=1S/C15H22O2/c1-11-6-7-13(17-3)12(10-11)14(16)15(2)8-4-5-9-15/h6-7,10,14,16H,4-5,8-9H2,1-3H3. The van der Waals surface area contributed by atoms with Gasteiger partial charge in [-0.05, 0) is 37.3 Å². The average Bonchev–Trinajstić information content (AvgIpc) is 2.76. The molecule has 1 saturated carbocycles. The molecule has 0 saturated heterocycles. The highest BCUT2D eigenvalue weighted by Crippen LogP contribution is 2.48. The van der Waals surface area contributed by atoms with Crippen molar-refractivity contribution in [2.24, 2.45) is 5.41 Å². The van der Waals surface area contributed by atoms with Crippen LogP contribution in [-0.4, -0.2) is 12.2 Å². The molecule has 1 atom stereocenters. The third-order valence-corrected chi connectivity index (χ3v) is 4.09. The van der Waals surface area contributed by atoms with Crippen LogP contribution >= 0.6 is 0 Å². The second-order valence-corrected chi connectivity index (χ2v) is 5.51. The summed E-state index contributed by atoms with van der Waals surface area (Å²) in [5.74, 6) is 0.802. The van der Waals surface area contributed by atoms with E-state index in [1.807, 2.05) is 25.1 Å². The van der Waals surface area contributed by atoms with Gasteiger partial charge in [-0.15, -0.1) is 0 Å². The van der Waals surface area contributed by atoms with Crippen LogP contribution in [0.2, 0.25) is 0 Å². The maximum absolute atomic E-state index is 10.6. The van der Waals surface area contributed by atoms with Crippen LogP contribution in [-0.2, 0) is 0 Å². The highest BCUT2D eigenvalue weighted by Gasteiger charge is 2.38. The Morgan fingerprint density at radius 1 is 1.29 bits per heavy atom. The zero-order chi connectivity index (χ0) is 12.5. The van der Waals surface area contributed by atoms with Gasteiger partial charge in [-0.1, -0.05) is 31.4 Å². The van der Waals surface area contributed by atoms with Gasteiger partial charge in [-0.3, -0.25) is 0 Å². The molecule has 0 aliphatic heterocycles. The fourth-order valence-corrected chi connectivity index (χ4v) is 2.90. The Morgan fingerprint density at radius 2 is 1.94 bits per heavy atom. The minimum Gasteiger partial charge on any atom is -0.496 e. The van der Waals surface area contributed by atoms with E-state index in [1.54, 1.807) is 7.11 Å². The van der Waals surface area contributed by atoms with Crippen molar-refractivity contribution in [1.29, 1.82) is 0 Å². The van der Waals surface area contributed by atoms with Crippen molar-refractivity contribution in [3.63, 3.8) is 0 Å². The number of aliphatic hydroxyl groups excluding tert-OH is 1. The summed E-state index contributed by atoms with van der Waals surface area (Å²) in [5, 5.41) is 10.6. The molecule has 1 aliphatic rings. The summed E-state index contributed by atoms with van der Waals surface area (Å²) in [6.45, 7) is 4.24. The van der Waals surface area contributed by atoms with E-state index in [9.17, 15) is 5.11 Å². The number of aryl methyl sites for hydroxylation is 1. The van der Waals surface area contributed by atoms with Gasteiger partial charge in [-0.25, -0.2) is 0 Å². The van der Waals surface area contributed by atoms with E-state index in [0.29, 0.717) is 0 Å². The molecular weight excluding hydrogens is 212 g/mol. The van der Waals surface area contributed by atoms with Gasteiger partial charge in [0, 0.05) is 5.56 Å². The number of aliphatic hydroxyl groups is 1. The smallest absolute Gasteiger partial charge is 0.124 e. The van der Waals surface area contributed by atoms with Gasteiger partial charge in [0.15, 0.2) is 0 Å². The molecule has 0 aromatic heterocycles. The van der Waals surface area contributed by atoms with Crippen molar-refractivity contribution in [2.75, 3.05) is 7.11 Å². The molecule has 2 nitrogen and oxygen atoms in total. The fraction of sp³-hybridized carbons (Fsp3) is 0.600. The molecule has 1 aliphatic carbocycles. The Labute approximate surface area is 104 Å². The normalized spacial score (nSPS) is 20.2. The number of benzene rings is 1. The molecule has 0 spiro atoms. The van der Waals surface area contributed by atoms with Crippen molar-refractivity contribution in [1.82, 2.24) is 0 Å². The van der Waals surface area contributed by atoms with Crippen molar-refractivity contribution < 1.29 is 9.84 Å². The Morgan fingerprint density at radius 3 is 2.53 bits per heavy atom. The van der Waals surface area contributed by atoms with Crippen molar-refractivity contribution in [3.8, 4) is 5.75 Å². The maximum atomic E-state index is 10.6. The molecule has 2 rings (SSSR count). The Balaban J connectivity index is 2.35. The van der Waals surface area contributed by atoms with Crippen LogP contribution in [0.5, 0.6) is 5.75 Å². The summed E-state index contributed by atoms with van der Waals surface area (Å²) < 4.78 is 5.37. The number of methoxy groups -OCH3 is 1. The molecule has 1 unspecified atom stereocenters. The van der Waals surface area contributed by atoms with E-state index in [-0.39, 0.29) is 5.41 Å². The molecule has 94 valence electrons. The van der Waals surface area contributed by atoms with Gasteiger partial charge in [-0.2, -0.15) is 0 Å². The van der Waals surface area contributed by atoms with Gasteiger partial charge in [0.2, 0.25) is 0 Å². The topological polar surface area (TPSA) is 29.5 Å². The zero-order valence-corrected chi connectivity index (χ0v) is 11.0. The highest BCUT2D eigenvalue weighted by molar-refractivity contribution is 5.39. The van der Waals surface area contributed by atoms with E-state index in [4.69, 9.17) is 4.74 Å². The second kappa shape index (κ2) is 4.69. The number of ether oxygens (including phenoxy) is 1. The lowest BCUT2D eigenvalue weighted by Crippen LogP contribution is -2.22. The average molecular weight is 234 g/mol. The van der Waals surface area contributed by atoms with Crippen molar-refractivity contribution in [3.05, 3.63) is 29.3 Å². The summed E-state index contributed by atoms with van der Waals surface area (Å²) in [6.07, 6.45) is 4.24. The van der Waals surface area contributed by atoms with E-state index < -0.39 is 6.10 Å². The third kappa shape index (κ3) is 2.32. The Bertz CT molecular complexity index is 392. The molecule has 0 heterocycles. The van der Waals surface area contributed by atoms with Crippen molar-refractivity contribution >= 4 is 0 Å². The SMILES string of the molecule is COc1ccc(C)cc1C(O)C1(C)CCCC1. The zero-order valence-electron chi connectivity index (χ0n) is 11.0. The van der Waals surface area contributed by atoms with E-state index in [2.05, 4.69) is 6.92 Å². The van der Waals surface area contributed by atoms with Gasteiger partial charge in [0.1, 0.15) is 5.75 Å². The maximum Gasteiger partial charge on any atom is 0.124 e. The molecule has 1 aromatic carbocycles. The molecule has 1 aromatic rings. The van der Waals surface area contributed by atoms with Crippen molar-refractivity contribution in [2.45, 2.75) is 45.6 Å². The number of rotatable bonds is 3. The Kier molecular flexibility index (Phi) is 3.43. The summed E-state index contributed by atoms with van der Waals surface area (Å²) >= 11 is 0. The van der Waals surface area contributed by atoms with Gasteiger partial charge < -0.3 is 9.84 Å². The third-order valence-electron chi connectivity index (χ3n) is 4.09. The largest absolute Gasteiger partial charge is 0.496 e. The minimum absolute atomic E-state index is 0.0150. The van der Waals surface area contributed by atoms with Crippen LogP contribution in [0, 0.1) is 12.3 Å². The van der Waals surface area contributed by atoms with E-state index in [1.165, 1.54) is 18.4 Å². The fourth-order valence-electron chi connectivity index (χ4n) is 2.90. The van der Waals surface area contributed by atoms with Gasteiger partial charge in [0.05, 0.1) is 13.2 Å². The highest BCUT2D eigenvalue weighted by atomic mass is 16.5. The van der Waals surface area contributed by atoms with Crippen LogP contribution < -0.4 is 4.74 Å². The van der Waals surface area contributed by atoms with E-state index >= 15 is 0 Å². The molecule has 1 N–H and O–H groups in total. The molecule has 2 heteroatoms. The lowest BCUT2D eigenvalue weighted by molar-refractivity contribution is 0.0388. The molecular formula is C15H22O2. The predicted octanol–water partition coefficient (Wildman–Crippen LogP) is 3.62. The first kappa shape index (κ1) is 12.4. The summed E-state index contributed by atoms with van der Waals surface area (Å²) in [7, 11) is 1.66. The first-order valence-electron chi connectivity index (χ1n) is 6.39.